The van der Waals surface area contributed by atoms with Crippen LogP contribution in [0.5, 0.6) is 0 Å². The molecular weight excluding hydrogens is 407 g/mol. The van der Waals surface area contributed by atoms with Gasteiger partial charge in [0.25, 0.3) is 0 Å². The molecule has 1 amide bonds. The molecule has 0 spiro atoms. The summed E-state index contributed by atoms with van der Waals surface area (Å²) >= 11 is -2.04. The Kier molecular flexibility index (Phi) is 6.19. The van der Waals surface area contributed by atoms with E-state index in [0.717, 1.165) is 0 Å². The fourth-order valence-corrected chi connectivity index (χ4v) is 3.53. The topological polar surface area (TPSA) is 79.7 Å². The minimum Gasteiger partial charge on any atom is -0.443 e. The lowest BCUT2D eigenvalue weighted by Crippen LogP contribution is -2.34. The number of para-hydroxylation sites is 1. The molecule has 1 unspecified atom stereocenters. The van der Waals surface area contributed by atoms with E-state index in [1.807, 2.05) is 0 Å². The maximum absolute atomic E-state index is 13.9. The first kappa shape index (κ1) is 21.9. The van der Waals surface area contributed by atoms with Gasteiger partial charge in [0.2, 0.25) is 0 Å². The average Bonchev–Trinajstić information content (AvgIpc) is 2.65. The summed E-state index contributed by atoms with van der Waals surface area (Å²) in [5.41, 5.74) is 1.68. The van der Waals surface area contributed by atoms with E-state index in [1.165, 1.54) is 17.0 Å². The minimum absolute atomic E-state index is 0.0891. The Bertz CT molecular complexity index is 1130. The Morgan fingerprint density at radius 1 is 1.20 bits per heavy atom. The number of fused-ring (bicyclic) bond motifs is 1. The molecule has 2 aromatic carbocycles. The molecule has 0 aliphatic rings. The maximum atomic E-state index is 13.9. The van der Waals surface area contributed by atoms with Crippen LogP contribution in [0.15, 0.2) is 48.5 Å². The molecule has 30 heavy (non-hydrogen) atoms. The normalized spacial score (nSPS) is 12.6. The van der Waals surface area contributed by atoms with Crippen molar-refractivity contribution in [3.8, 4) is 11.3 Å². The summed E-state index contributed by atoms with van der Waals surface area (Å²) in [6.07, 6.45) is -0.575. The Balaban J connectivity index is 2.23. The third kappa shape index (κ3) is 5.01. The van der Waals surface area contributed by atoms with Crippen molar-refractivity contribution in [2.45, 2.75) is 32.1 Å². The first-order chi connectivity index (χ1) is 14.0. The van der Waals surface area contributed by atoms with Crippen LogP contribution in [0.2, 0.25) is 0 Å². The van der Waals surface area contributed by atoms with Crippen LogP contribution in [0.4, 0.5) is 14.9 Å². The number of halogens is 1. The van der Waals surface area contributed by atoms with Crippen molar-refractivity contribution < 1.29 is 22.7 Å². The summed E-state index contributed by atoms with van der Waals surface area (Å²) in [4.78, 5) is 18.7. The second-order valence-electron chi connectivity index (χ2n) is 7.86. The Labute approximate surface area is 177 Å². The summed E-state index contributed by atoms with van der Waals surface area (Å²) < 4.78 is 40.1. The smallest absolute Gasteiger partial charge is 0.414 e. The van der Waals surface area contributed by atoms with Gasteiger partial charge < -0.3 is 9.29 Å². The van der Waals surface area contributed by atoms with Gasteiger partial charge >= 0.3 is 6.09 Å². The van der Waals surface area contributed by atoms with Gasteiger partial charge in [-0.2, -0.15) is 0 Å². The zero-order valence-corrected chi connectivity index (χ0v) is 18.0. The van der Waals surface area contributed by atoms with E-state index >= 15 is 0 Å². The predicted molar refractivity (Wildman–Crippen MR) is 116 cm³/mol. The highest BCUT2D eigenvalue weighted by Gasteiger charge is 2.24. The van der Waals surface area contributed by atoms with Crippen LogP contribution in [0.1, 0.15) is 26.3 Å². The van der Waals surface area contributed by atoms with E-state index in [-0.39, 0.29) is 5.75 Å². The highest BCUT2D eigenvalue weighted by atomic mass is 32.2. The van der Waals surface area contributed by atoms with E-state index in [9.17, 15) is 17.9 Å². The molecule has 0 bridgehead atoms. The second kappa shape index (κ2) is 8.49. The number of nitrogens with zero attached hydrogens (tertiary/aromatic N) is 2. The molecule has 1 N–H and O–H groups in total. The molecule has 1 atom stereocenters. The average molecular weight is 431 g/mol. The lowest BCUT2D eigenvalue weighted by molar-refractivity contribution is 0.0589. The molecule has 158 valence electrons. The monoisotopic (exact) mass is 430 g/mol. The molecule has 0 saturated heterocycles. The Morgan fingerprint density at radius 2 is 1.90 bits per heavy atom. The van der Waals surface area contributed by atoms with E-state index < -0.39 is 28.6 Å². The number of carbonyl (C=O) groups excluding carboxylic acids is 1. The first-order valence-electron chi connectivity index (χ1n) is 9.28. The number of rotatable bonds is 4. The van der Waals surface area contributed by atoms with Gasteiger partial charge in [-0.05, 0) is 44.5 Å². The fraction of sp³-hybridized carbons (Fsp3) is 0.273. The summed E-state index contributed by atoms with van der Waals surface area (Å²) in [6, 6.07) is 12.9. The molecule has 3 aromatic rings. The van der Waals surface area contributed by atoms with E-state index in [4.69, 9.17) is 4.74 Å². The van der Waals surface area contributed by atoms with Crippen molar-refractivity contribution in [2.24, 2.45) is 0 Å². The molecule has 3 rings (SSSR count). The van der Waals surface area contributed by atoms with Gasteiger partial charge in [-0.3, -0.25) is 4.90 Å². The number of ether oxygens (including phenoxy) is 1. The highest BCUT2D eigenvalue weighted by molar-refractivity contribution is 7.78. The van der Waals surface area contributed by atoms with Crippen molar-refractivity contribution >= 4 is 33.8 Å². The Hall–Kier alpha value is -2.84. The van der Waals surface area contributed by atoms with Crippen LogP contribution < -0.4 is 4.90 Å². The van der Waals surface area contributed by atoms with Crippen LogP contribution in [-0.2, 0) is 21.6 Å². The second-order valence-corrected chi connectivity index (χ2v) is 8.79. The number of hydrogen-bond donors (Lipinski definition) is 1. The summed E-state index contributed by atoms with van der Waals surface area (Å²) in [5.74, 6) is -0.529. The van der Waals surface area contributed by atoms with E-state index in [0.29, 0.717) is 33.4 Å². The highest BCUT2D eigenvalue weighted by Crippen LogP contribution is 2.34. The Morgan fingerprint density at radius 3 is 2.53 bits per heavy atom. The van der Waals surface area contributed by atoms with Gasteiger partial charge in [0.15, 0.2) is 11.1 Å². The molecular formula is C22H23FN2O4S. The molecule has 0 radical (unpaired) electrons. The van der Waals surface area contributed by atoms with Crippen molar-refractivity contribution in [3.63, 3.8) is 0 Å². The molecule has 0 fully saturated rings. The van der Waals surface area contributed by atoms with Gasteiger partial charge in [0.1, 0.15) is 11.4 Å². The van der Waals surface area contributed by atoms with Crippen LogP contribution in [0, 0.1) is 5.82 Å². The lowest BCUT2D eigenvalue weighted by Gasteiger charge is -2.26. The SMILES string of the molecule is CN(C(=O)OC(C)(C)C)c1cc2cccc(CS(=O)O)c2nc1-c1cccc(F)c1. The molecule has 0 saturated carbocycles. The van der Waals surface area contributed by atoms with Crippen LogP contribution >= 0.6 is 0 Å². The molecule has 1 heterocycles. The zero-order chi connectivity index (χ0) is 22.1. The summed E-state index contributed by atoms with van der Waals surface area (Å²) in [7, 11) is 1.56. The van der Waals surface area contributed by atoms with Gasteiger partial charge in [0.05, 0.1) is 22.7 Å². The summed E-state index contributed by atoms with van der Waals surface area (Å²) in [5, 5.41) is 0.684. The molecule has 0 aliphatic heterocycles. The quantitative estimate of drug-likeness (QED) is 0.580. The van der Waals surface area contributed by atoms with Gasteiger partial charge in [-0.1, -0.05) is 30.3 Å². The number of benzene rings is 2. The van der Waals surface area contributed by atoms with Crippen molar-refractivity contribution in [1.29, 1.82) is 0 Å². The number of anilines is 1. The lowest BCUT2D eigenvalue weighted by atomic mass is 10.0. The van der Waals surface area contributed by atoms with Crippen LogP contribution in [0.25, 0.3) is 22.2 Å². The van der Waals surface area contributed by atoms with Gasteiger partial charge in [-0.25, -0.2) is 18.4 Å². The molecule has 1 aromatic heterocycles. The number of pyridine rings is 1. The number of hydrogen-bond acceptors (Lipinski definition) is 4. The van der Waals surface area contributed by atoms with E-state index in [1.54, 1.807) is 64.2 Å². The molecule has 6 nitrogen and oxygen atoms in total. The first-order valence-corrected chi connectivity index (χ1v) is 10.6. The maximum Gasteiger partial charge on any atom is 0.414 e. The third-order valence-electron chi connectivity index (χ3n) is 4.31. The molecule has 8 heteroatoms. The molecule has 0 aliphatic carbocycles. The van der Waals surface area contributed by atoms with Crippen molar-refractivity contribution in [1.82, 2.24) is 4.98 Å². The van der Waals surface area contributed by atoms with Gasteiger partial charge in [0, 0.05) is 18.0 Å². The number of amides is 1. The fourth-order valence-electron chi connectivity index (χ4n) is 3.03. The third-order valence-corrected chi connectivity index (χ3v) is 4.87. The number of carbonyl (C=O) groups is 1. The van der Waals surface area contributed by atoms with Crippen LogP contribution in [0.3, 0.4) is 0 Å². The minimum atomic E-state index is -2.04. The number of aromatic nitrogens is 1. The predicted octanol–water partition coefficient (Wildman–Crippen LogP) is 5.13. The summed E-state index contributed by atoms with van der Waals surface area (Å²) in [6.45, 7) is 5.31. The van der Waals surface area contributed by atoms with Crippen molar-refractivity contribution in [2.75, 3.05) is 11.9 Å². The zero-order valence-electron chi connectivity index (χ0n) is 17.2. The van der Waals surface area contributed by atoms with E-state index in [2.05, 4.69) is 4.98 Å². The van der Waals surface area contributed by atoms with Crippen LogP contribution in [-0.4, -0.2) is 32.5 Å². The van der Waals surface area contributed by atoms with Crippen molar-refractivity contribution in [3.05, 3.63) is 59.9 Å². The standard InChI is InChI=1S/C22H23FN2O4S/c1-22(2,3)29-21(26)25(4)18-12-15-7-5-9-16(13-30(27)28)19(15)24-20(18)14-8-6-10-17(23)11-14/h5-12H,13H2,1-4H3,(H,27,28). The van der Waals surface area contributed by atoms with Gasteiger partial charge in [-0.15, -0.1) is 0 Å². The largest absolute Gasteiger partial charge is 0.443 e.